The number of rotatable bonds is 7. The van der Waals surface area contributed by atoms with E-state index < -0.39 is 6.04 Å². The highest BCUT2D eigenvalue weighted by Gasteiger charge is 2.41. The lowest BCUT2D eigenvalue weighted by Crippen LogP contribution is -2.39. The summed E-state index contributed by atoms with van der Waals surface area (Å²) < 4.78 is 5.17. The molecule has 0 bridgehead atoms. The number of nitrogens with one attached hydrogen (secondary N) is 1. The van der Waals surface area contributed by atoms with Crippen LogP contribution in [0.4, 0.5) is 5.69 Å². The fraction of sp³-hybridized carbons (Fsp3) is 0.286. The van der Waals surface area contributed by atoms with Gasteiger partial charge in [0.05, 0.1) is 13.5 Å². The number of methoxy groups -OCH3 is 1. The standard InChI is InChI=1S/C21H22ClN3O3S/c1-24-20(27)18(13-19(26)23-16-7-5-15(22)6-8-16)25(21(24)29)12-11-14-3-9-17(28-2)10-4-14/h3-10,18H,11-13H2,1-2H3,(H,23,26)/t18-/m1/s1. The summed E-state index contributed by atoms with van der Waals surface area (Å²) >= 11 is 11.3. The molecule has 1 N–H and O–H groups in total. The van der Waals surface area contributed by atoms with Crippen LogP contribution < -0.4 is 10.1 Å². The first-order valence-corrected chi connectivity index (χ1v) is 9.94. The molecule has 0 saturated carbocycles. The first-order chi connectivity index (χ1) is 13.9. The second kappa shape index (κ2) is 9.24. The van der Waals surface area contributed by atoms with Gasteiger partial charge in [0.15, 0.2) is 5.11 Å². The average molecular weight is 432 g/mol. The zero-order chi connectivity index (χ0) is 21.0. The van der Waals surface area contributed by atoms with Crippen LogP contribution in [0.15, 0.2) is 48.5 Å². The highest BCUT2D eigenvalue weighted by atomic mass is 35.5. The summed E-state index contributed by atoms with van der Waals surface area (Å²) in [6, 6.07) is 14.0. The van der Waals surface area contributed by atoms with E-state index in [-0.39, 0.29) is 18.2 Å². The quantitative estimate of drug-likeness (QED) is 0.681. The van der Waals surface area contributed by atoms with E-state index in [2.05, 4.69) is 5.32 Å². The van der Waals surface area contributed by atoms with Gasteiger partial charge in [0.1, 0.15) is 11.8 Å². The third-order valence-corrected chi connectivity index (χ3v) is 5.59. The number of carbonyl (C=O) groups excluding carboxylic acids is 2. The number of anilines is 1. The van der Waals surface area contributed by atoms with E-state index in [0.717, 1.165) is 11.3 Å². The Hall–Kier alpha value is -2.64. The molecule has 2 amide bonds. The summed E-state index contributed by atoms with van der Waals surface area (Å²) in [6.07, 6.45) is 0.717. The van der Waals surface area contributed by atoms with Gasteiger partial charge in [-0.2, -0.15) is 0 Å². The number of likely N-dealkylation sites (N-methyl/N-ethyl adjacent to an activating group) is 1. The molecule has 1 heterocycles. The van der Waals surface area contributed by atoms with E-state index in [0.29, 0.717) is 28.8 Å². The van der Waals surface area contributed by atoms with Crippen molar-refractivity contribution in [1.82, 2.24) is 9.80 Å². The number of nitrogens with zero attached hydrogens (tertiary/aromatic N) is 2. The Bertz CT molecular complexity index is 902. The van der Waals surface area contributed by atoms with E-state index in [1.165, 1.54) is 4.90 Å². The van der Waals surface area contributed by atoms with Crippen molar-refractivity contribution < 1.29 is 14.3 Å². The predicted octanol–water partition coefficient (Wildman–Crippen LogP) is 3.35. The number of hydrogen-bond donors (Lipinski definition) is 1. The Morgan fingerprint density at radius 1 is 1.17 bits per heavy atom. The second-order valence-electron chi connectivity index (χ2n) is 6.75. The normalized spacial score (nSPS) is 16.3. The van der Waals surface area contributed by atoms with Crippen LogP contribution in [0.3, 0.4) is 0 Å². The van der Waals surface area contributed by atoms with Crippen LogP contribution in [-0.2, 0) is 16.0 Å². The number of ether oxygens (including phenoxy) is 1. The van der Waals surface area contributed by atoms with Crippen molar-refractivity contribution in [3.05, 3.63) is 59.1 Å². The molecule has 1 atom stereocenters. The lowest BCUT2D eigenvalue weighted by atomic mass is 10.1. The fourth-order valence-electron chi connectivity index (χ4n) is 3.19. The molecular formula is C21H22ClN3O3S. The van der Waals surface area contributed by atoms with Crippen LogP contribution in [0.5, 0.6) is 5.75 Å². The molecule has 1 saturated heterocycles. The molecule has 0 aliphatic carbocycles. The predicted molar refractivity (Wildman–Crippen MR) is 117 cm³/mol. The Labute approximate surface area is 180 Å². The van der Waals surface area contributed by atoms with E-state index >= 15 is 0 Å². The maximum absolute atomic E-state index is 12.6. The van der Waals surface area contributed by atoms with Gasteiger partial charge < -0.3 is 15.0 Å². The molecule has 1 aliphatic heterocycles. The van der Waals surface area contributed by atoms with E-state index in [9.17, 15) is 9.59 Å². The number of hydrogen-bond acceptors (Lipinski definition) is 4. The van der Waals surface area contributed by atoms with Gasteiger partial charge in [0.25, 0.3) is 5.91 Å². The molecule has 2 aromatic rings. The zero-order valence-corrected chi connectivity index (χ0v) is 17.8. The van der Waals surface area contributed by atoms with Gasteiger partial charge in [-0.05, 0) is 60.6 Å². The summed E-state index contributed by atoms with van der Waals surface area (Å²) in [5.41, 5.74) is 1.73. The average Bonchev–Trinajstić information content (AvgIpc) is 2.92. The third kappa shape index (κ3) is 5.05. The number of amides is 2. The zero-order valence-electron chi connectivity index (χ0n) is 16.2. The van der Waals surface area contributed by atoms with Crippen molar-refractivity contribution in [2.45, 2.75) is 18.9 Å². The largest absolute Gasteiger partial charge is 0.497 e. The van der Waals surface area contributed by atoms with Crippen LogP contribution >= 0.6 is 23.8 Å². The summed E-state index contributed by atoms with van der Waals surface area (Å²) in [6.45, 7) is 0.542. The van der Waals surface area contributed by atoms with Crippen molar-refractivity contribution in [3.63, 3.8) is 0 Å². The molecule has 152 valence electrons. The summed E-state index contributed by atoms with van der Waals surface area (Å²) in [7, 11) is 3.26. The monoisotopic (exact) mass is 431 g/mol. The second-order valence-corrected chi connectivity index (χ2v) is 7.55. The van der Waals surface area contributed by atoms with Gasteiger partial charge in [0, 0.05) is 24.3 Å². The van der Waals surface area contributed by atoms with E-state index in [1.54, 1.807) is 38.4 Å². The minimum absolute atomic E-state index is 0.0224. The Morgan fingerprint density at radius 3 is 2.45 bits per heavy atom. The van der Waals surface area contributed by atoms with E-state index in [1.807, 2.05) is 29.2 Å². The maximum Gasteiger partial charge on any atom is 0.251 e. The summed E-state index contributed by atoms with van der Waals surface area (Å²) in [5, 5.41) is 3.83. The summed E-state index contributed by atoms with van der Waals surface area (Å²) in [5.74, 6) is 0.367. The number of thiocarbonyl (C=S) groups is 1. The van der Waals surface area contributed by atoms with Crippen molar-refractivity contribution in [2.24, 2.45) is 0 Å². The molecule has 2 aromatic carbocycles. The fourth-order valence-corrected chi connectivity index (χ4v) is 3.62. The van der Waals surface area contributed by atoms with Crippen molar-refractivity contribution in [3.8, 4) is 5.75 Å². The molecule has 0 unspecified atom stereocenters. The third-order valence-electron chi connectivity index (χ3n) is 4.83. The minimum atomic E-state index is -0.613. The molecule has 6 nitrogen and oxygen atoms in total. The first kappa shape index (κ1) is 21.1. The smallest absolute Gasteiger partial charge is 0.251 e. The lowest BCUT2D eigenvalue weighted by molar-refractivity contribution is -0.130. The molecule has 0 spiro atoms. The molecule has 29 heavy (non-hydrogen) atoms. The first-order valence-electron chi connectivity index (χ1n) is 9.15. The van der Waals surface area contributed by atoms with Gasteiger partial charge >= 0.3 is 0 Å². The molecule has 0 aromatic heterocycles. The van der Waals surface area contributed by atoms with Gasteiger partial charge in [-0.15, -0.1) is 0 Å². The van der Waals surface area contributed by atoms with Crippen LogP contribution in [0.2, 0.25) is 5.02 Å². The molecule has 0 radical (unpaired) electrons. The van der Waals surface area contributed by atoms with Gasteiger partial charge in [-0.1, -0.05) is 23.7 Å². The van der Waals surface area contributed by atoms with Crippen LogP contribution in [0.25, 0.3) is 0 Å². The van der Waals surface area contributed by atoms with Crippen molar-refractivity contribution >= 4 is 46.4 Å². The topological polar surface area (TPSA) is 61.9 Å². The number of halogens is 1. The van der Waals surface area contributed by atoms with Gasteiger partial charge in [-0.3, -0.25) is 14.5 Å². The van der Waals surface area contributed by atoms with Gasteiger partial charge in [0.2, 0.25) is 5.91 Å². The van der Waals surface area contributed by atoms with Crippen LogP contribution in [0, 0.1) is 0 Å². The molecular weight excluding hydrogens is 410 g/mol. The van der Waals surface area contributed by atoms with E-state index in [4.69, 9.17) is 28.6 Å². The highest BCUT2D eigenvalue weighted by molar-refractivity contribution is 7.80. The van der Waals surface area contributed by atoms with Crippen molar-refractivity contribution in [1.29, 1.82) is 0 Å². The number of benzene rings is 2. The lowest BCUT2D eigenvalue weighted by Gasteiger charge is -2.23. The molecule has 1 fully saturated rings. The molecule has 3 rings (SSSR count). The maximum atomic E-state index is 12.6. The Kier molecular flexibility index (Phi) is 6.71. The summed E-state index contributed by atoms with van der Waals surface area (Å²) in [4.78, 5) is 28.4. The highest BCUT2D eigenvalue weighted by Crippen LogP contribution is 2.22. The van der Waals surface area contributed by atoms with Crippen LogP contribution in [-0.4, -0.2) is 53.5 Å². The minimum Gasteiger partial charge on any atom is -0.497 e. The number of carbonyl (C=O) groups is 2. The SMILES string of the molecule is COc1ccc(CCN2C(=S)N(C)C(=O)[C@H]2CC(=O)Nc2ccc(Cl)cc2)cc1. The molecule has 1 aliphatic rings. The Balaban J connectivity index is 1.65. The van der Waals surface area contributed by atoms with Crippen molar-refractivity contribution in [2.75, 3.05) is 26.0 Å². The van der Waals surface area contributed by atoms with Gasteiger partial charge in [-0.25, -0.2) is 0 Å². The molecule has 8 heteroatoms. The Morgan fingerprint density at radius 2 is 1.83 bits per heavy atom. The van der Waals surface area contributed by atoms with Crippen LogP contribution in [0.1, 0.15) is 12.0 Å².